The molecule has 1 aromatic carbocycles. The van der Waals surface area contributed by atoms with Gasteiger partial charge in [-0.15, -0.1) is 0 Å². The number of halogens is 1. The number of benzene rings is 1. The Morgan fingerprint density at radius 1 is 1.30 bits per heavy atom. The molecule has 4 nitrogen and oxygen atoms in total. The van der Waals surface area contributed by atoms with Gasteiger partial charge in [-0.3, -0.25) is 4.84 Å². The molecule has 0 unspecified atom stereocenters. The molecule has 1 spiro atoms. The first kappa shape index (κ1) is 12.9. The monoisotopic (exact) mass is 384 g/mol. The average molecular weight is 384 g/mol. The second kappa shape index (κ2) is 4.59. The molecular formula is C15H17IN2O2. The van der Waals surface area contributed by atoms with E-state index < -0.39 is 0 Å². The fraction of sp³-hybridized carbons (Fsp3) is 0.533. The van der Waals surface area contributed by atoms with Gasteiger partial charge in [0, 0.05) is 6.54 Å². The van der Waals surface area contributed by atoms with Crippen LogP contribution in [0.4, 0.5) is 4.79 Å². The molecule has 3 fully saturated rings. The maximum absolute atomic E-state index is 12.5. The number of hydrogen-bond donors (Lipinski definition) is 0. The minimum absolute atomic E-state index is 0.0501. The van der Waals surface area contributed by atoms with Gasteiger partial charge in [-0.05, 0) is 30.2 Å². The first-order valence-electron chi connectivity index (χ1n) is 7.10. The predicted molar refractivity (Wildman–Crippen MR) is 83.1 cm³/mol. The van der Waals surface area contributed by atoms with E-state index in [1.54, 1.807) is 5.06 Å². The van der Waals surface area contributed by atoms with E-state index in [1.807, 2.05) is 35.2 Å². The number of carbonyl (C=O) groups excluding carboxylic acids is 1. The first-order chi connectivity index (χ1) is 9.70. The second-order valence-electron chi connectivity index (χ2n) is 6.04. The SMILES string of the molecule is O=C1N2C[C@@H](N1OCc1ccccc1)C1(CC1)C[C@H]2I. The molecule has 2 aliphatic heterocycles. The highest BCUT2D eigenvalue weighted by molar-refractivity contribution is 14.1. The number of piperidine rings is 1. The highest BCUT2D eigenvalue weighted by atomic mass is 127. The molecule has 1 saturated carbocycles. The lowest BCUT2D eigenvalue weighted by Crippen LogP contribution is -2.43. The lowest BCUT2D eigenvalue weighted by Gasteiger charge is -2.34. The molecule has 5 heteroatoms. The Balaban J connectivity index is 1.52. The molecule has 2 bridgehead atoms. The molecule has 2 saturated heterocycles. The van der Waals surface area contributed by atoms with Crippen molar-refractivity contribution in [2.24, 2.45) is 5.41 Å². The van der Waals surface area contributed by atoms with Crippen LogP contribution in [0, 0.1) is 5.41 Å². The van der Waals surface area contributed by atoms with Gasteiger partial charge in [0.05, 0.1) is 10.1 Å². The van der Waals surface area contributed by atoms with Crippen molar-refractivity contribution in [3.63, 3.8) is 0 Å². The number of amides is 2. The summed E-state index contributed by atoms with van der Waals surface area (Å²) in [6.45, 7) is 1.31. The van der Waals surface area contributed by atoms with Crippen LogP contribution in [0.1, 0.15) is 24.8 Å². The van der Waals surface area contributed by atoms with Crippen molar-refractivity contribution < 1.29 is 9.63 Å². The fourth-order valence-corrected chi connectivity index (χ4v) is 4.76. The van der Waals surface area contributed by atoms with Crippen molar-refractivity contribution in [3.05, 3.63) is 35.9 Å². The molecule has 2 atom stereocenters. The van der Waals surface area contributed by atoms with Gasteiger partial charge in [0.2, 0.25) is 0 Å². The van der Waals surface area contributed by atoms with Gasteiger partial charge < -0.3 is 4.90 Å². The van der Waals surface area contributed by atoms with Crippen LogP contribution < -0.4 is 0 Å². The summed E-state index contributed by atoms with van der Waals surface area (Å²) in [5.74, 6) is 0. The standard InChI is InChI=1S/C15H17IN2O2/c16-13-8-15(6-7-15)12-9-17(13)14(19)18(12)20-10-11-4-2-1-3-5-11/h1-5,12-13H,6-10H2/t12-,13+/m1/s1. The zero-order chi connectivity index (χ0) is 13.7. The molecule has 3 aliphatic rings. The molecule has 106 valence electrons. The minimum atomic E-state index is 0.0501. The van der Waals surface area contributed by atoms with E-state index in [2.05, 4.69) is 22.6 Å². The van der Waals surface area contributed by atoms with Gasteiger partial charge in [0.15, 0.2) is 0 Å². The summed E-state index contributed by atoms with van der Waals surface area (Å²) in [6, 6.07) is 10.3. The van der Waals surface area contributed by atoms with Crippen molar-refractivity contribution in [2.45, 2.75) is 36.0 Å². The molecule has 2 heterocycles. The highest BCUT2D eigenvalue weighted by Gasteiger charge is 2.62. The van der Waals surface area contributed by atoms with Gasteiger partial charge in [-0.25, -0.2) is 4.79 Å². The maximum Gasteiger partial charge on any atom is 0.345 e. The van der Waals surface area contributed by atoms with Gasteiger partial charge in [0.1, 0.15) is 6.61 Å². The average Bonchev–Trinajstić information content (AvgIpc) is 3.15. The number of fused-ring (bicyclic) bond motifs is 3. The zero-order valence-corrected chi connectivity index (χ0v) is 13.3. The number of urea groups is 1. The molecule has 1 aromatic rings. The van der Waals surface area contributed by atoms with E-state index in [-0.39, 0.29) is 12.1 Å². The third kappa shape index (κ3) is 1.94. The van der Waals surface area contributed by atoms with Crippen molar-refractivity contribution in [1.82, 2.24) is 9.96 Å². The minimum Gasteiger partial charge on any atom is -0.309 e. The Labute approximate surface area is 132 Å². The van der Waals surface area contributed by atoms with Crippen molar-refractivity contribution in [2.75, 3.05) is 6.54 Å². The van der Waals surface area contributed by atoms with E-state index in [1.165, 1.54) is 12.8 Å². The van der Waals surface area contributed by atoms with Gasteiger partial charge in [0.25, 0.3) is 0 Å². The van der Waals surface area contributed by atoms with Gasteiger partial charge >= 0.3 is 6.03 Å². The summed E-state index contributed by atoms with van der Waals surface area (Å²) in [5, 5.41) is 1.67. The van der Waals surface area contributed by atoms with E-state index in [9.17, 15) is 4.79 Å². The Morgan fingerprint density at radius 3 is 2.75 bits per heavy atom. The summed E-state index contributed by atoms with van der Waals surface area (Å²) in [7, 11) is 0. The smallest absolute Gasteiger partial charge is 0.309 e. The summed E-state index contributed by atoms with van der Waals surface area (Å²) in [6.07, 6.45) is 3.60. The molecular weight excluding hydrogens is 367 g/mol. The van der Waals surface area contributed by atoms with Crippen LogP contribution in [0.2, 0.25) is 0 Å². The summed E-state index contributed by atoms with van der Waals surface area (Å²) >= 11 is 2.40. The Kier molecular flexibility index (Phi) is 2.96. The molecule has 1 aliphatic carbocycles. The summed E-state index contributed by atoms with van der Waals surface area (Å²) in [5.41, 5.74) is 1.44. The Hall–Kier alpha value is -0.820. The zero-order valence-electron chi connectivity index (χ0n) is 11.2. The summed E-state index contributed by atoms with van der Waals surface area (Å²) < 4.78 is 0.323. The van der Waals surface area contributed by atoms with E-state index in [0.29, 0.717) is 16.1 Å². The molecule has 20 heavy (non-hydrogen) atoms. The van der Waals surface area contributed by atoms with Gasteiger partial charge in [-0.2, -0.15) is 5.06 Å². The van der Waals surface area contributed by atoms with E-state index in [0.717, 1.165) is 18.5 Å². The third-order valence-corrected chi connectivity index (χ3v) is 5.93. The quantitative estimate of drug-likeness (QED) is 0.456. The normalized spacial score (nSPS) is 30.1. The van der Waals surface area contributed by atoms with Gasteiger partial charge in [-0.1, -0.05) is 52.9 Å². The van der Waals surface area contributed by atoms with Crippen molar-refractivity contribution >= 4 is 28.6 Å². The topological polar surface area (TPSA) is 32.8 Å². The molecule has 2 amide bonds. The number of hydroxylamine groups is 2. The number of rotatable bonds is 3. The number of nitrogens with zero attached hydrogens (tertiary/aromatic N) is 2. The predicted octanol–water partition coefficient (Wildman–Crippen LogP) is 3.17. The fourth-order valence-electron chi connectivity index (χ4n) is 3.42. The number of carbonyl (C=O) groups is 1. The molecule has 0 aromatic heterocycles. The number of hydrogen-bond acceptors (Lipinski definition) is 2. The summed E-state index contributed by atoms with van der Waals surface area (Å²) in [4.78, 5) is 20.3. The molecule has 4 rings (SSSR count). The lowest BCUT2D eigenvalue weighted by atomic mass is 9.90. The largest absolute Gasteiger partial charge is 0.345 e. The van der Waals surface area contributed by atoms with Crippen LogP contribution in [0.5, 0.6) is 0 Å². The maximum atomic E-state index is 12.5. The lowest BCUT2D eigenvalue weighted by molar-refractivity contribution is -0.152. The van der Waals surface area contributed by atoms with Crippen LogP contribution in [-0.2, 0) is 11.4 Å². The number of alkyl halides is 1. The Morgan fingerprint density at radius 2 is 2.05 bits per heavy atom. The van der Waals surface area contributed by atoms with E-state index >= 15 is 0 Å². The Bertz CT molecular complexity index is 532. The second-order valence-corrected chi connectivity index (χ2v) is 7.47. The van der Waals surface area contributed by atoms with Crippen molar-refractivity contribution in [3.8, 4) is 0 Å². The molecule has 0 N–H and O–H groups in total. The van der Waals surface area contributed by atoms with Crippen molar-refractivity contribution in [1.29, 1.82) is 0 Å². The van der Waals surface area contributed by atoms with Crippen LogP contribution in [0.3, 0.4) is 0 Å². The van der Waals surface area contributed by atoms with E-state index in [4.69, 9.17) is 4.84 Å². The highest BCUT2D eigenvalue weighted by Crippen LogP contribution is 2.59. The van der Waals surface area contributed by atoms with Crippen LogP contribution >= 0.6 is 22.6 Å². The van der Waals surface area contributed by atoms with Crippen LogP contribution in [-0.4, -0.2) is 32.6 Å². The van der Waals surface area contributed by atoms with Crippen LogP contribution in [0.15, 0.2) is 30.3 Å². The third-order valence-electron chi connectivity index (χ3n) is 4.81. The first-order valence-corrected chi connectivity index (χ1v) is 8.35. The molecule has 0 radical (unpaired) electrons. The van der Waals surface area contributed by atoms with Crippen LogP contribution in [0.25, 0.3) is 0 Å².